The zero-order valence-electron chi connectivity index (χ0n) is 19.5. The molecule has 0 fully saturated rings. The third-order valence-electron chi connectivity index (χ3n) is 6.37. The van der Waals surface area contributed by atoms with Crippen molar-refractivity contribution in [1.29, 1.82) is 0 Å². The van der Waals surface area contributed by atoms with Gasteiger partial charge in [0.15, 0.2) is 0 Å². The Bertz CT molecular complexity index is 1210. The minimum absolute atomic E-state index is 0.0606. The number of benzene rings is 4. The third kappa shape index (κ3) is 5.46. The molecule has 36 heavy (non-hydrogen) atoms. The first-order valence-electron chi connectivity index (χ1n) is 11.6. The zero-order chi connectivity index (χ0) is 25.5. The number of primary amides is 1. The molecular weight excluding hydrogens is 491 g/mol. The lowest BCUT2D eigenvalue weighted by atomic mass is 9.67. The molecule has 0 aliphatic carbocycles. The van der Waals surface area contributed by atoms with E-state index in [-0.39, 0.29) is 18.7 Å². The highest BCUT2D eigenvalue weighted by Crippen LogP contribution is 2.42. The Labute approximate surface area is 221 Å². The molecule has 4 aromatic rings. The van der Waals surface area contributed by atoms with Gasteiger partial charge in [0, 0.05) is 22.9 Å². The fourth-order valence-corrected chi connectivity index (χ4v) is 5.17. The summed E-state index contributed by atoms with van der Waals surface area (Å²) in [5, 5.41) is 3.68. The Morgan fingerprint density at radius 3 is 1.50 bits per heavy atom. The fraction of sp³-hybridized carbons (Fsp3) is 0.133. The molecule has 3 N–H and O–H groups in total. The lowest BCUT2D eigenvalue weighted by Gasteiger charge is -2.36. The molecular formula is C30H26Cl2N2O2. The normalized spacial score (nSPS) is 12.1. The number of carbonyl (C=O) groups is 2. The summed E-state index contributed by atoms with van der Waals surface area (Å²) in [5.74, 6) is -0.984. The van der Waals surface area contributed by atoms with Crippen molar-refractivity contribution in [2.75, 3.05) is 0 Å². The van der Waals surface area contributed by atoms with Crippen LogP contribution in [0.4, 0.5) is 0 Å². The molecule has 0 saturated carbocycles. The van der Waals surface area contributed by atoms with Crippen molar-refractivity contribution in [3.8, 4) is 0 Å². The van der Waals surface area contributed by atoms with Crippen molar-refractivity contribution < 1.29 is 9.59 Å². The van der Waals surface area contributed by atoms with Crippen LogP contribution in [0, 0.1) is 0 Å². The molecule has 1 atom stereocenters. The largest absolute Gasteiger partial charge is 0.368 e. The molecule has 0 aromatic heterocycles. The van der Waals surface area contributed by atoms with Crippen LogP contribution in [-0.4, -0.2) is 17.9 Å². The molecule has 0 radical (unpaired) electrons. The lowest BCUT2D eigenvalue weighted by molar-refractivity contribution is -0.127. The smallest absolute Gasteiger partial charge is 0.240 e. The molecule has 4 rings (SSSR count). The average Bonchev–Trinajstić information content (AvgIpc) is 2.90. The molecule has 0 aliphatic rings. The van der Waals surface area contributed by atoms with E-state index in [1.54, 1.807) is 18.2 Å². The van der Waals surface area contributed by atoms with E-state index in [1.807, 2.05) is 91.0 Å². The number of hydrogen-bond acceptors (Lipinski definition) is 2. The molecule has 0 aliphatic heterocycles. The number of hydrogen-bond donors (Lipinski definition) is 2. The van der Waals surface area contributed by atoms with Crippen molar-refractivity contribution in [3.63, 3.8) is 0 Å². The first-order valence-corrected chi connectivity index (χ1v) is 12.4. The zero-order valence-corrected chi connectivity index (χ0v) is 21.0. The number of halogens is 2. The molecule has 0 spiro atoms. The van der Waals surface area contributed by atoms with Gasteiger partial charge in [-0.1, -0.05) is 120 Å². The minimum atomic E-state index is -0.977. The molecule has 0 saturated heterocycles. The van der Waals surface area contributed by atoms with Crippen molar-refractivity contribution in [1.82, 2.24) is 5.32 Å². The van der Waals surface area contributed by atoms with Crippen LogP contribution in [0.15, 0.2) is 109 Å². The van der Waals surface area contributed by atoms with Crippen LogP contribution in [0.1, 0.15) is 28.7 Å². The van der Waals surface area contributed by atoms with Crippen molar-refractivity contribution >= 4 is 35.0 Å². The topological polar surface area (TPSA) is 72.2 Å². The third-order valence-corrected chi connectivity index (χ3v) is 7.08. The summed E-state index contributed by atoms with van der Waals surface area (Å²) in [7, 11) is 0. The van der Waals surface area contributed by atoms with Gasteiger partial charge in [0.05, 0.1) is 5.41 Å². The lowest BCUT2D eigenvalue weighted by Crippen LogP contribution is -2.48. The van der Waals surface area contributed by atoms with Crippen LogP contribution < -0.4 is 11.1 Å². The average molecular weight is 517 g/mol. The number of amides is 2. The number of carbonyl (C=O) groups excluding carboxylic acids is 2. The van der Waals surface area contributed by atoms with Gasteiger partial charge in [0.2, 0.25) is 11.8 Å². The molecule has 6 heteroatoms. The molecule has 4 nitrogen and oxygen atoms in total. The predicted octanol–water partition coefficient (Wildman–Crippen LogP) is 5.93. The van der Waals surface area contributed by atoms with E-state index in [9.17, 15) is 9.59 Å². The maximum Gasteiger partial charge on any atom is 0.240 e. The first kappa shape index (κ1) is 25.5. The van der Waals surface area contributed by atoms with Gasteiger partial charge in [-0.05, 0) is 34.4 Å². The Morgan fingerprint density at radius 1 is 0.694 bits per heavy atom. The maximum atomic E-state index is 13.7. The van der Waals surface area contributed by atoms with E-state index < -0.39 is 17.4 Å². The summed E-state index contributed by atoms with van der Waals surface area (Å²) in [6.07, 6.45) is 0.152. The van der Waals surface area contributed by atoms with Crippen LogP contribution in [0.5, 0.6) is 0 Å². The Balaban J connectivity index is 1.74. The summed E-state index contributed by atoms with van der Waals surface area (Å²) in [4.78, 5) is 26.0. The summed E-state index contributed by atoms with van der Waals surface area (Å²) in [5.41, 5.74) is 8.34. The maximum absolute atomic E-state index is 13.7. The van der Waals surface area contributed by atoms with Gasteiger partial charge >= 0.3 is 0 Å². The SMILES string of the molecule is NC(=O)[C@H](Cc1c(Cl)cccc1Cl)NC(=O)CC(c1ccccc1)(c1ccccc1)c1ccccc1. The Kier molecular flexibility index (Phi) is 8.09. The molecule has 182 valence electrons. The summed E-state index contributed by atoms with van der Waals surface area (Å²) >= 11 is 12.6. The number of rotatable bonds is 9. The van der Waals surface area contributed by atoms with E-state index in [2.05, 4.69) is 5.32 Å². The monoisotopic (exact) mass is 516 g/mol. The molecule has 0 unspecified atom stereocenters. The highest BCUT2D eigenvalue weighted by Gasteiger charge is 2.39. The highest BCUT2D eigenvalue weighted by atomic mass is 35.5. The second kappa shape index (κ2) is 11.4. The summed E-state index contributed by atoms with van der Waals surface area (Å²) < 4.78 is 0. The van der Waals surface area contributed by atoms with Crippen LogP contribution in [0.3, 0.4) is 0 Å². The van der Waals surface area contributed by atoms with E-state index in [4.69, 9.17) is 28.9 Å². The summed E-state index contributed by atoms with van der Waals surface area (Å²) in [6.45, 7) is 0. The number of nitrogens with one attached hydrogen (secondary N) is 1. The van der Waals surface area contributed by atoms with Crippen LogP contribution in [-0.2, 0) is 21.4 Å². The van der Waals surface area contributed by atoms with Gasteiger partial charge in [-0.2, -0.15) is 0 Å². The predicted molar refractivity (Wildman–Crippen MR) is 145 cm³/mol. The fourth-order valence-electron chi connectivity index (χ4n) is 4.61. The van der Waals surface area contributed by atoms with E-state index in [0.29, 0.717) is 15.6 Å². The first-order chi connectivity index (χ1) is 17.4. The van der Waals surface area contributed by atoms with Crippen LogP contribution in [0.2, 0.25) is 10.0 Å². The van der Waals surface area contributed by atoms with Gasteiger partial charge < -0.3 is 11.1 Å². The number of nitrogens with two attached hydrogens (primary N) is 1. The van der Waals surface area contributed by atoms with Gasteiger partial charge in [-0.15, -0.1) is 0 Å². The van der Waals surface area contributed by atoms with Gasteiger partial charge in [-0.3, -0.25) is 9.59 Å². The second-order valence-corrected chi connectivity index (χ2v) is 9.42. The highest BCUT2D eigenvalue weighted by molar-refractivity contribution is 6.36. The standard InChI is InChI=1S/C30H26Cl2N2O2/c31-25-17-10-18-26(32)24(25)19-27(29(33)36)34-28(35)20-30(21-11-4-1-5-12-21,22-13-6-2-7-14-22)23-15-8-3-9-16-23/h1-18,27H,19-20H2,(H2,33,36)(H,34,35)/t27-/m0/s1. The van der Waals surface area contributed by atoms with Gasteiger partial charge in [0.25, 0.3) is 0 Å². The molecule has 0 bridgehead atoms. The van der Waals surface area contributed by atoms with E-state index in [0.717, 1.165) is 16.7 Å². The van der Waals surface area contributed by atoms with Crippen molar-refractivity contribution in [2.45, 2.75) is 24.3 Å². The van der Waals surface area contributed by atoms with Gasteiger partial charge in [0.1, 0.15) is 6.04 Å². The minimum Gasteiger partial charge on any atom is -0.368 e. The summed E-state index contributed by atoms with van der Waals surface area (Å²) in [6, 6.07) is 33.8. The second-order valence-electron chi connectivity index (χ2n) is 8.61. The van der Waals surface area contributed by atoms with Crippen molar-refractivity contribution in [3.05, 3.63) is 141 Å². The Hall–Kier alpha value is -3.60. The Morgan fingerprint density at radius 2 is 1.11 bits per heavy atom. The van der Waals surface area contributed by atoms with Gasteiger partial charge in [-0.25, -0.2) is 0 Å². The van der Waals surface area contributed by atoms with E-state index in [1.165, 1.54) is 0 Å². The quantitative estimate of drug-likeness (QED) is 0.270. The van der Waals surface area contributed by atoms with Crippen LogP contribution in [0.25, 0.3) is 0 Å². The molecule has 2 amide bonds. The molecule has 4 aromatic carbocycles. The van der Waals surface area contributed by atoms with Crippen LogP contribution >= 0.6 is 23.2 Å². The van der Waals surface area contributed by atoms with E-state index >= 15 is 0 Å². The molecule has 0 heterocycles. The van der Waals surface area contributed by atoms with Crippen molar-refractivity contribution in [2.24, 2.45) is 5.73 Å².